The molecule has 0 aliphatic carbocycles. The van der Waals surface area contributed by atoms with Crippen molar-refractivity contribution in [3.05, 3.63) is 44.8 Å². The lowest BCUT2D eigenvalue weighted by molar-refractivity contribution is -0.384. The molecule has 1 aromatic carbocycles. The second kappa shape index (κ2) is 4.19. The largest absolute Gasteiger partial charge is 0.295 e. The molecule has 0 spiro atoms. The van der Waals surface area contributed by atoms with E-state index in [1.165, 1.54) is 6.07 Å². The third kappa shape index (κ3) is 1.82. The lowest BCUT2D eigenvalue weighted by Gasteiger charge is -1.97. The van der Waals surface area contributed by atoms with Crippen LogP contribution in [0.3, 0.4) is 0 Å². The van der Waals surface area contributed by atoms with Crippen LogP contribution < -0.4 is 0 Å². The van der Waals surface area contributed by atoms with Gasteiger partial charge in [-0.05, 0) is 6.07 Å². The molecule has 0 bridgehead atoms. The molecule has 0 saturated heterocycles. The van der Waals surface area contributed by atoms with Gasteiger partial charge in [-0.2, -0.15) is 0 Å². The number of carbonyl (C=O) groups is 1. The summed E-state index contributed by atoms with van der Waals surface area (Å²) in [5, 5.41) is 12.7. The first kappa shape index (κ1) is 10.4. The van der Waals surface area contributed by atoms with Gasteiger partial charge >= 0.3 is 0 Å². The fourth-order valence-electron chi connectivity index (χ4n) is 1.31. The Morgan fingerprint density at radius 2 is 2.12 bits per heavy atom. The Morgan fingerprint density at radius 1 is 1.38 bits per heavy atom. The first-order chi connectivity index (χ1) is 7.72. The Labute approximate surface area is 94.5 Å². The normalized spacial score (nSPS) is 10.0. The molecule has 5 nitrogen and oxygen atoms in total. The van der Waals surface area contributed by atoms with Gasteiger partial charge in [0.1, 0.15) is 0 Å². The summed E-state index contributed by atoms with van der Waals surface area (Å²) in [6, 6.07) is 6.31. The predicted molar refractivity (Wildman–Crippen MR) is 59.6 cm³/mol. The van der Waals surface area contributed by atoms with Crippen molar-refractivity contribution in [2.45, 2.75) is 0 Å². The molecule has 2 aromatic rings. The van der Waals surface area contributed by atoms with E-state index in [-0.39, 0.29) is 5.69 Å². The van der Waals surface area contributed by atoms with Crippen molar-refractivity contribution in [3.8, 4) is 11.3 Å². The molecule has 0 atom stereocenters. The minimum atomic E-state index is -0.463. The molecule has 0 aliphatic heterocycles. The van der Waals surface area contributed by atoms with Crippen molar-refractivity contribution >= 4 is 23.3 Å². The van der Waals surface area contributed by atoms with Gasteiger partial charge in [-0.1, -0.05) is 12.1 Å². The molecule has 0 aliphatic rings. The van der Waals surface area contributed by atoms with E-state index in [1.807, 2.05) is 0 Å². The van der Waals surface area contributed by atoms with E-state index in [0.29, 0.717) is 22.6 Å². The molecule has 80 valence electrons. The number of nitro benzene ring substituents is 1. The SMILES string of the molecule is O=Cc1nc(-c2ccccc2[N+](=O)[O-])cs1. The van der Waals surface area contributed by atoms with Crippen molar-refractivity contribution in [1.82, 2.24) is 4.98 Å². The summed E-state index contributed by atoms with van der Waals surface area (Å²) in [7, 11) is 0. The van der Waals surface area contributed by atoms with Crippen molar-refractivity contribution in [2.75, 3.05) is 0 Å². The second-order valence-corrected chi connectivity index (χ2v) is 3.85. The first-order valence-corrected chi connectivity index (χ1v) is 5.25. The fraction of sp³-hybridized carbons (Fsp3) is 0. The highest BCUT2D eigenvalue weighted by Crippen LogP contribution is 2.29. The molecule has 0 radical (unpaired) electrons. The van der Waals surface area contributed by atoms with Gasteiger partial charge in [0, 0.05) is 11.4 Å². The zero-order valence-electron chi connectivity index (χ0n) is 7.99. The number of hydrogen-bond donors (Lipinski definition) is 0. The minimum absolute atomic E-state index is 0.00903. The Bertz CT molecular complexity index is 551. The predicted octanol–water partition coefficient (Wildman–Crippen LogP) is 2.53. The van der Waals surface area contributed by atoms with Gasteiger partial charge < -0.3 is 0 Å². The van der Waals surface area contributed by atoms with Crippen LogP contribution in [0.4, 0.5) is 5.69 Å². The molecule has 1 aromatic heterocycles. The maximum Gasteiger partial charge on any atom is 0.278 e. The smallest absolute Gasteiger partial charge is 0.278 e. The topological polar surface area (TPSA) is 73.1 Å². The van der Waals surface area contributed by atoms with Crippen molar-refractivity contribution < 1.29 is 9.72 Å². The molecule has 16 heavy (non-hydrogen) atoms. The average molecular weight is 234 g/mol. The number of nitro groups is 1. The van der Waals surface area contributed by atoms with Crippen LogP contribution in [0.5, 0.6) is 0 Å². The van der Waals surface area contributed by atoms with Gasteiger partial charge in [-0.25, -0.2) is 4.98 Å². The van der Waals surface area contributed by atoms with Crippen LogP contribution >= 0.6 is 11.3 Å². The third-order valence-corrected chi connectivity index (χ3v) is 2.77. The highest BCUT2D eigenvalue weighted by atomic mass is 32.1. The molecular formula is C10H6N2O3S. The van der Waals surface area contributed by atoms with Crippen LogP contribution in [0.2, 0.25) is 0 Å². The number of hydrogen-bond acceptors (Lipinski definition) is 5. The minimum Gasteiger partial charge on any atom is -0.295 e. The Hall–Kier alpha value is -2.08. The summed E-state index contributed by atoms with van der Waals surface area (Å²) in [5.41, 5.74) is 0.876. The van der Waals surface area contributed by atoms with Crippen LogP contribution in [-0.4, -0.2) is 16.2 Å². The quantitative estimate of drug-likeness (QED) is 0.464. The molecule has 2 rings (SSSR count). The lowest BCUT2D eigenvalue weighted by Crippen LogP contribution is -1.91. The maximum atomic E-state index is 10.8. The standard InChI is InChI=1S/C10H6N2O3S/c13-5-10-11-8(6-16-10)7-3-1-2-4-9(7)12(14)15/h1-6H. The van der Waals surface area contributed by atoms with E-state index >= 15 is 0 Å². The molecule has 0 amide bonds. The highest BCUT2D eigenvalue weighted by Gasteiger charge is 2.16. The zero-order chi connectivity index (χ0) is 11.5. The van der Waals surface area contributed by atoms with Gasteiger partial charge in [0.05, 0.1) is 16.2 Å². The van der Waals surface area contributed by atoms with Crippen molar-refractivity contribution in [3.63, 3.8) is 0 Å². The summed E-state index contributed by atoms with van der Waals surface area (Å²) in [4.78, 5) is 24.8. The van der Waals surface area contributed by atoms with E-state index in [9.17, 15) is 14.9 Å². The molecule has 0 unspecified atom stereocenters. The van der Waals surface area contributed by atoms with Gasteiger partial charge in [0.2, 0.25) is 0 Å². The first-order valence-electron chi connectivity index (χ1n) is 4.37. The zero-order valence-corrected chi connectivity index (χ0v) is 8.81. The Balaban J connectivity index is 2.54. The van der Waals surface area contributed by atoms with Crippen molar-refractivity contribution in [2.24, 2.45) is 0 Å². The van der Waals surface area contributed by atoms with Gasteiger partial charge in [0.25, 0.3) is 5.69 Å². The summed E-state index contributed by atoms with van der Waals surface area (Å²) in [5.74, 6) is 0. The van der Waals surface area contributed by atoms with Crippen molar-refractivity contribution in [1.29, 1.82) is 0 Å². The molecule has 1 heterocycles. The molecular weight excluding hydrogens is 228 g/mol. The number of aromatic nitrogens is 1. The highest BCUT2D eigenvalue weighted by molar-refractivity contribution is 7.11. The number of nitrogens with zero attached hydrogens (tertiary/aromatic N) is 2. The van der Waals surface area contributed by atoms with Gasteiger partial charge in [0.15, 0.2) is 11.3 Å². The number of para-hydroxylation sites is 1. The monoisotopic (exact) mass is 234 g/mol. The van der Waals surface area contributed by atoms with E-state index < -0.39 is 4.92 Å². The number of rotatable bonds is 3. The molecule has 0 N–H and O–H groups in total. The summed E-state index contributed by atoms with van der Waals surface area (Å²) >= 11 is 1.16. The van der Waals surface area contributed by atoms with Crippen LogP contribution in [0.15, 0.2) is 29.6 Å². The van der Waals surface area contributed by atoms with Crippen LogP contribution in [0.1, 0.15) is 9.80 Å². The van der Waals surface area contributed by atoms with Gasteiger partial charge in [-0.15, -0.1) is 11.3 Å². The van der Waals surface area contributed by atoms with E-state index in [4.69, 9.17) is 0 Å². The van der Waals surface area contributed by atoms with E-state index in [1.54, 1.807) is 23.6 Å². The summed E-state index contributed by atoms with van der Waals surface area (Å²) in [6.07, 6.45) is 0.628. The third-order valence-electron chi connectivity index (χ3n) is 2.00. The second-order valence-electron chi connectivity index (χ2n) is 2.96. The van der Waals surface area contributed by atoms with Crippen LogP contribution in [-0.2, 0) is 0 Å². The number of benzene rings is 1. The maximum absolute atomic E-state index is 10.8. The van der Waals surface area contributed by atoms with E-state index in [0.717, 1.165) is 11.3 Å². The number of carbonyl (C=O) groups excluding carboxylic acids is 1. The van der Waals surface area contributed by atoms with Crippen LogP contribution in [0.25, 0.3) is 11.3 Å². The number of thiazole rings is 1. The molecule has 6 heteroatoms. The summed E-state index contributed by atoms with van der Waals surface area (Å²) in [6.45, 7) is 0. The van der Waals surface area contributed by atoms with E-state index in [2.05, 4.69) is 4.98 Å². The average Bonchev–Trinajstić information content (AvgIpc) is 2.77. The summed E-state index contributed by atoms with van der Waals surface area (Å²) < 4.78 is 0. The lowest BCUT2D eigenvalue weighted by atomic mass is 10.1. The Morgan fingerprint density at radius 3 is 2.75 bits per heavy atom. The fourth-order valence-corrected chi connectivity index (χ4v) is 1.93. The Kier molecular flexibility index (Phi) is 2.74. The molecule has 0 fully saturated rings. The van der Waals surface area contributed by atoms with Gasteiger partial charge in [-0.3, -0.25) is 14.9 Å². The van der Waals surface area contributed by atoms with Crippen LogP contribution in [0, 0.1) is 10.1 Å². The molecule has 0 saturated carbocycles. The number of aldehydes is 1.